The first-order valence-electron chi connectivity index (χ1n) is 5.04. The van der Waals surface area contributed by atoms with Crippen molar-refractivity contribution in [3.05, 3.63) is 30.3 Å². The maximum absolute atomic E-state index is 11.3. The summed E-state index contributed by atoms with van der Waals surface area (Å²) in [6, 6.07) is 5.40. The summed E-state index contributed by atoms with van der Waals surface area (Å²) in [7, 11) is 1.46. The minimum Gasteiger partial charge on any atom is -0.377 e. The molecule has 0 aliphatic rings. The minimum atomic E-state index is -0.108. The number of ether oxygens (including phenoxy) is 1. The zero-order valence-electron chi connectivity index (χ0n) is 9.29. The van der Waals surface area contributed by atoms with Crippen molar-refractivity contribution in [1.29, 1.82) is 0 Å². The lowest BCUT2D eigenvalue weighted by molar-refractivity contribution is -0.122. The molecule has 0 saturated heterocycles. The van der Waals surface area contributed by atoms with Crippen LogP contribution >= 0.6 is 0 Å². The number of aromatic nitrogens is 3. The monoisotopic (exact) mass is 233 g/mol. The van der Waals surface area contributed by atoms with Crippen molar-refractivity contribution in [2.45, 2.75) is 6.42 Å². The highest BCUT2D eigenvalue weighted by Crippen LogP contribution is 2.12. The topological polar surface area (TPSA) is 78.1 Å². The van der Waals surface area contributed by atoms with Gasteiger partial charge >= 0.3 is 0 Å². The molecule has 0 aliphatic carbocycles. The maximum atomic E-state index is 11.3. The third-order valence-electron chi connectivity index (χ3n) is 2.02. The molecule has 6 heteroatoms. The third kappa shape index (κ3) is 2.94. The summed E-state index contributed by atoms with van der Waals surface area (Å²) < 4.78 is 9.67. The molecule has 2 aromatic rings. The van der Waals surface area contributed by atoms with E-state index in [0.717, 1.165) is 0 Å². The molecule has 0 atom stereocenters. The minimum absolute atomic E-state index is 0.0430. The Morgan fingerprint density at radius 2 is 2.35 bits per heavy atom. The van der Waals surface area contributed by atoms with Gasteiger partial charge in [-0.15, -0.1) is 0 Å². The quantitative estimate of drug-likeness (QED) is 0.763. The summed E-state index contributed by atoms with van der Waals surface area (Å²) in [5, 5.41) is 3.76. The summed E-state index contributed by atoms with van der Waals surface area (Å²) in [4.78, 5) is 19.5. The number of pyridine rings is 1. The van der Waals surface area contributed by atoms with Crippen molar-refractivity contribution in [3.8, 4) is 11.5 Å². The number of hydrogen-bond donors (Lipinski definition) is 0. The van der Waals surface area contributed by atoms with Crippen molar-refractivity contribution < 1.29 is 14.1 Å². The molecule has 0 spiro atoms. The number of carbonyl (C=O) groups is 1. The SMILES string of the molecule is COCC(=O)Cc1nc(-c2ccccn2)no1. The average Bonchev–Trinajstić information content (AvgIpc) is 2.79. The molecule has 0 aromatic carbocycles. The number of rotatable bonds is 5. The van der Waals surface area contributed by atoms with E-state index < -0.39 is 0 Å². The van der Waals surface area contributed by atoms with Gasteiger partial charge in [0.1, 0.15) is 12.3 Å². The molecule has 0 aliphatic heterocycles. The summed E-state index contributed by atoms with van der Waals surface area (Å²) in [5.74, 6) is 0.544. The molecule has 2 rings (SSSR count). The van der Waals surface area contributed by atoms with E-state index in [1.54, 1.807) is 18.3 Å². The lowest BCUT2D eigenvalue weighted by Crippen LogP contribution is -2.09. The molecule has 88 valence electrons. The first kappa shape index (κ1) is 11.4. The highest BCUT2D eigenvalue weighted by atomic mass is 16.5. The zero-order chi connectivity index (χ0) is 12.1. The fourth-order valence-corrected chi connectivity index (χ4v) is 1.31. The molecule has 0 N–H and O–H groups in total. The van der Waals surface area contributed by atoms with E-state index in [-0.39, 0.29) is 24.7 Å². The van der Waals surface area contributed by atoms with Gasteiger partial charge in [-0.2, -0.15) is 4.98 Å². The van der Waals surface area contributed by atoms with E-state index in [9.17, 15) is 4.79 Å². The Morgan fingerprint density at radius 1 is 1.47 bits per heavy atom. The summed E-state index contributed by atoms with van der Waals surface area (Å²) in [6.45, 7) is 0.0430. The highest BCUT2D eigenvalue weighted by Gasteiger charge is 2.12. The molecule has 0 radical (unpaired) electrons. The van der Waals surface area contributed by atoms with Crippen LogP contribution in [-0.2, 0) is 16.0 Å². The van der Waals surface area contributed by atoms with Gasteiger partial charge in [0, 0.05) is 13.3 Å². The molecular weight excluding hydrogens is 222 g/mol. The van der Waals surface area contributed by atoms with Crippen LogP contribution in [0.15, 0.2) is 28.9 Å². The fraction of sp³-hybridized carbons (Fsp3) is 0.273. The van der Waals surface area contributed by atoms with E-state index in [4.69, 9.17) is 9.26 Å². The molecule has 17 heavy (non-hydrogen) atoms. The second-order valence-corrected chi connectivity index (χ2v) is 3.38. The summed E-state index contributed by atoms with van der Waals surface area (Å²) >= 11 is 0. The lowest BCUT2D eigenvalue weighted by atomic mass is 10.3. The Morgan fingerprint density at radius 3 is 3.06 bits per heavy atom. The Hall–Kier alpha value is -2.08. The largest absolute Gasteiger partial charge is 0.377 e. The van der Waals surface area contributed by atoms with E-state index in [2.05, 4.69) is 15.1 Å². The van der Waals surface area contributed by atoms with Gasteiger partial charge in [-0.3, -0.25) is 9.78 Å². The Balaban J connectivity index is 2.09. The summed E-state index contributed by atoms with van der Waals surface area (Å²) in [5.41, 5.74) is 0.613. The van der Waals surface area contributed by atoms with Crippen LogP contribution in [-0.4, -0.2) is 34.6 Å². The third-order valence-corrected chi connectivity index (χ3v) is 2.02. The fourth-order valence-electron chi connectivity index (χ4n) is 1.31. The number of hydrogen-bond acceptors (Lipinski definition) is 6. The Labute approximate surface area is 97.6 Å². The van der Waals surface area contributed by atoms with Gasteiger partial charge in [0.05, 0.1) is 6.42 Å². The van der Waals surface area contributed by atoms with Gasteiger partial charge in [0.25, 0.3) is 0 Å². The molecule has 0 amide bonds. The van der Waals surface area contributed by atoms with Gasteiger partial charge in [-0.25, -0.2) is 0 Å². The van der Waals surface area contributed by atoms with Crippen molar-refractivity contribution in [2.75, 3.05) is 13.7 Å². The molecular formula is C11H11N3O3. The van der Waals surface area contributed by atoms with Gasteiger partial charge in [0.2, 0.25) is 11.7 Å². The average molecular weight is 233 g/mol. The van der Waals surface area contributed by atoms with Crippen LogP contribution in [0.2, 0.25) is 0 Å². The van der Waals surface area contributed by atoms with Gasteiger partial charge in [-0.05, 0) is 12.1 Å². The van der Waals surface area contributed by atoms with Crippen molar-refractivity contribution in [1.82, 2.24) is 15.1 Å². The second kappa shape index (κ2) is 5.31. The van der Waals surface area contributed by atoms with Crippen LogP contribution in [0.4, 0.5) is 0 Å². The molecule has 2 heterocycles. The molecule has 6 nitrogen and oxygen atoms in total. The molecule has 0 fully saturated rings. The molecule has 0 saturated carbocycles. The van der Waals surface area contributed by atoms with Crippen LogP contribution in [0.1, 0.15) is 5.89 Å². The van der Waals surface area contributed by atoms with Gasteiger partial charge < -0.3 is 9.26 Å². The van der Waals surface area contributed by atoms with Gasteiger partial charge in [-0.1, -0.05) is 11.2 Å². The molecule has 0 unspecified atom stereocenters. The van der Waals surface area contributed by atoms with E-state index in [1.807, 2.05) is 6.07 Å². The van der Waals surface area contributed by atoms with Crippen molar-refractivity contribution >= 4 is 5.78 Å². The van der Waals surface area contributed by atoms with Gasteiger partial charge in [0.15, 0.2) is 5.78 Å². The zero-order valence-corrected chi connectivity index (χ0v) is 9.29. The smallest absolute Gasteiger partial charge is 0.234 e. The van der Waals surface area contributed by atoms with Crippen LogP contribution in [0.3, 0.4) is 0 Å². The van der Waals surface area contributed by atoms with Crippen LogP contribution in [0.5, 0.6) is 0 Å². The molecule has 0 bridgehead atoms. The predicted molar refractivity (Wildman–Crippen MR) is 58.1 cm³/mol. The van der Waals surface area contributed by atoms with Crippen LogP contribution in [0, 0.1) is 0 Å². The van der Waals surface area contributed by atoms with E-state index in [1.165, 1.54) is 7.11 Å². The van der Waals surface area contributed by atoms with E-state index in [0.29, 0.717) is 11.5 Å². The number of nitrogens with zero attached hydrogens (tertiary/aromatic N) is 3. The number of carbonyl (C=O) groups excluding carboxylic acids is 1. The normalized spacial score (nSPS) is 10.4. The van der Waals surface area contributed by atoms with Crippen molar-refractivity contribution in [3.63, 3.8) is 0 Å². The number of ketones is 1. The summed E-state index contributed by atoms with van der Waals surface area (Å²) in [6.07, 6.45) is 1.72. The van der Waals surface area contributed by atoms with Crippen LogP contribution in [0.25, 0.3) is 11.5 Å². The first-order valence-corrected chi connectivity index (χ1v) is 5.04. The Kier molecular flexibility index (Phi) is 3.56. The van der Waals surface area contributed by atoms with E-state index >= 15 is 0 Å². The maximum Gasteiger partial charge on any atom is 0.234 e. The standard InChI is InChI=1S/C11H11N3O3/c1-16-7-8(15)6-10-13-11(14-17-10)9-4-2-3-5-12-9/h2-5H,6-7H2,1H3. The first-order chi connectivity index (χ1) is 8.29. The number of methoxy groups -OCH3 is 1. The molecule has 2 aromatic heterocycles. The van der Waals surface area contributed by atoms with Crippen LogP contribution < -0.4 is 0 Å². The van der Waals surface area contributed by atoms with Crippen molar-refractivity contribution in [2.24, 2.45) is 0 Å². The second-order valence-electron chi connectivity index (χ2n) is 3.38. The predicted octanol–water partition coefficient (Wildman–Crippen LogP) is 0.890. The number of Topliss-reactive ketones (excluding diaryl/α,β-unsaturated/α-hetero) is 1. The Bertz CT molecular complexity index is 496. The highest BCUT2D eigenvalue weighted by molar-refractivity contribution is 5.81. The lowest BCUT2D eigenvalue weighted by Gasteiger charge is -1.93.